The average molecular weight is 402 g/mol. The van der Waals surface area contributed by atoms with E-state index in [1.54, 1.807) is 37.3 Å². The second-order valence-corrected chi connectivity index (χ2v) is 7.15. The van der Waals surface area contributed by atoms with E-state index in [-0.39, 0.29) is 11.8 Å². The highest BCUT2D eigenvalue weighted by molar-refractivity contribution is 6.04. The van der Waals surface area contributed by atoms with Gasteiger partial charge in [0.15, 0.2) is 6.10 Å². The first-order valence-electron chi connectivity index (χ1n) is 9.99. The first-order chi connectivity index (χ1) is 14.4. The van der Waals surface area contributed by atoms with E-state index in [4.69, 9.17) is 4.74 Å². The molecule has 0 aliphatic carbocycles. The summed E-state index contributed by atoms with van der Waals surface area (Å²) < 4.78 is 5.71. The fraction of sp³-hybridized carbons (Fsp3) is 0.200. The van der Waals surface area contributed by atoms with Crippen LogP contribution in [-0.4, -0.2) is 17.9 Å². The molecular weight excluding hydrogens is 376 g/mol. The van der Waals surface area contributed by atoms with Crippen molar-refractivity contribution in [1.29, 1.82) is 0 Å². The maximum Gasteiger partial charge on any atom is 0.265 e. The minimum atomic E-state index is -0.641. The summed E-state index contributed by atoms with van der Waals surface area (Å²) in [7, 11) is 0. The predicted octanol–water partition coefficient (Wildman–Crippen LogP) is 5.22. The Morgan fingerprint density at radius 2 is 1.53 bits per heavy atom. The first kappa shape index (κ1) is 21.1. The highest BCUT2D eigenvalue weighted by Gasteiger charge is 2.15. The van der Waals surface area contributed by atoms with Gasteiger partial charge < -0.3 is 15.4 Å². The molecule has 154 valence electrons. The van der Waals surface area contributed by atoms with Crippen molar-refractivity contribution < 1.29 is 14.3 Å². The molecule has 3 rings (SSSR count). The molecule has 5 heteroatoms. The monoisotopic (exact) mass is 402 g/mol. The van der Waals surface area contributed by atoms with Gasteiger partial charge in [0, 0.05) is 16.9 Å². The Balaban J connectivity index is 1.55. The number of benzene rings is 3. The molecule has 0 spiro atoms. The Labute approximate surface area is 177 Å². The van der Waals surface area contributed by atoms with Crippen LogP contribution < -0.4 is 15.4 Å². The lowest BCUT2D eigenvalue weighted by atomic mass is 10.1. The minimum Gasteiger partial charge on any atom is -0.481 e. The molecule has 0 heterocycles. The third-order valence-corrected chi connectivity index (χ3v) is 4.70. The van der Waals surface area contributed by atoms with E-state index in [0.717, 1.165) is 12.0 Å². The van der Waals surface area contributed by atoms with Gasteiger partial charge in [0.05, 0.1) is 0 Å². The molecule has 0 saturated carbocycles. The zero-order valence-corrected chi connectivity index (χ0v) is 17.4. The maximum absolute atomic E-state index is 12.4. The van der Waals surface area contributed by atoms with Crippen molar-refractivity contribution in [3.05, 3.63) is 89.5 Å². The van der Waals surface area contributed by atoms with Crippen molar-refractivity contribution in [1.82, 2.24) is 0 Å². The number of nitrogens with one attached hydrogen (secondary N) is 2. The standard InChI is InChI=1S/C25H26N2O3/c1-4-19-8-14-23(15-9-19)30-18(3)24(28)26-21-10-12-22(13-11-21)27-25(29)20-7-5-6-17(2)16-20/h5-16,18H,4H2,1-3H3,(H,26,28)(H,27,29). The number of hydrogen-bond donors (Lipinski definition) is 2. The summed E-state index contributed by atoms with van der Waals surface area (Å²) in [6, 6.07) is 22.1. The van der Waals surface area contributed by atoms with Crippen LogP contribution in [0.5, 0.6) is 5.75 Å². The highest BCUT2D eigenvalue weighted by Crippen LogP contribution is 2.17. The van der Waals surface area contributed by atoms with Crippen LogP contribution in [0.15, 0.2) is 72.8 Å². The number of aryl methyl sites for hydroxylation is 2. The van der Waals surface area contributed by atoms with E-state index in [0.29, 0.717) is 22.7 Å². The fourth-order valence-corrected chi connectivity index (χ4v) is 2.93. The summed E-state index contributed by atoms with van der Waals surface area (Å²) in [5.74, 6) is 0.238. The summed E-state index contributed by atoms with van der Waals surface area (Å²) >= 11 is 0. The van der Waals surface area contributed by atoms with Gasteiger partial charge in [0.1, 0.15) is 5.75 Å². The van der Waals surface area contributed by atoms with Gasteiger partial charge in [0.25, 0.3) is 11.8 Å². The van der Waals surface area contributed by atoms with E-state index < -0.39 is 6.10 Å². The third-order valence-electron chi connectivity index (χ3n) is 4.70. The molecule has 0 radical (unpaired) electrons. The first-order valence-corrected chi connectivity index (χ1v) is 9.99. The van der Waals surface area contributed by atoms with Crippen molar-refractivity contribution >= 4 is 23.2 Å². The Kier molecular flexibility index (Phi) is 6.86. The molecule has 3 aromatic carbocycles. The largest absolute Gasteiger partial charge is 0.481 e. The number of anilines is 2. The van der Waals surface area contributed by atoms with Crippen LogP contribution in [0.4, 0.5) is 11.4 Å². The molecule has 1 atom stereocenters. The number of carbonyl (C=O) groups is 2. The molecule has 2 amide bonds. The number of ether oxygens (including phenoxy) is 1. The topological polar surface area (TPSA) is 67.4 Å². The van der Waals surface area contributed by atoms with Crippen LogP contribution in [0.25, 0.3) is 0 Å². The summed E-state index contributed by atoms with van der Waals surface area (Å²) in [4.78, 5) is 24.7. The summed E-state index contributed by atoms with van der Waals surface area (Å²) in [5.41, 5.74) is 4.13. The van der Waals surface area contributed by atoms with E-state index in [2.05, 4.69) is 17.6 Å². The van der Waals surface area contributed by atoms with E-state index in [1.165, 1.54) is 5.56 Å². The summed E-state index contributed by atoms with van der Waals surface area (Å²) in [6.45, 7) is 5.74. The van der Waals surface area contributed by atoms with Crippen LogP contribution in [0.3, 0.4) is 0 Å². The fourth-order valence-electron chi connectivity index (χ4n) is 2.93. The molecule has 0 aliphatic heterocycles. The Morgan fingerprint density at radius 3 is 2.13 bits per heavy atom. The summed E-state index contributed by atoms with van der Waals surface area (Å²) in [5, 5.41) is 5.68. The Morgan fingerprint density at radius 1 is 0.900 bits per heavy atom. The van der Waals surface area contributed by atoms with Gasteiger partial charge >= 0.3 is 0 Å². The van der Waals surface area contributed by atoms with Crippen LogP contribution in [0.2, 0.25) is 0 Å². The van der Waals surface area contributed by atoms with E-state index in [1.807, 2.05) is 49.4 Å². The van der Waals surface area contributed by atoms with Crippen LogP contribution >= 0.6 is 0 Å². The van der Waals surface area contributed by atoms with Gasteiger partial charge in [-0.3, -0.25) is 9.59 Å². The minimum absolute atomic E-state index is 0.174. The van der Waals surface area contributed by atoms with Crippen molar-refractivity contribution in [3.63, 3.8) is 0 Å². The predicted molar refractivity (Wildman–Crippen MR) is 120 cm³/mol. The molecule has 0 saturated heterocycles. The second kappa shape index (κ2) is 9.74. The molecule has 0 fully saturated rings. The zero-order chi connectivity index (χ0) is 21.5. The number of hydrogen-bond acceptors (Lipinski definition) is 3. The van der Waals surface area contributed by atoms with Crippen LogP contribution in [-0.2, 0) is 11.2 Å². The van der Waals surface area contributed by atoms with Gasteiger partial charge in [-0.15, -0.1) is 0 Å². The highest BCUT2D eigenvalue weighted by atomic mass is 16.5. The third kappa shape index (κ3) is 5.70. The van der Waals surface area contributed by atoms with Gasteiger partial charge in [-0.05, 0) is 74.4 Å². The quantitative estimate of drug-likeness (QED) is 0.570. The average Bonchev–Trinajstić information content (AvgIpc) is 2.75. The molecule has 0 aromatic heterocycles. The molecule has 2 N–H and O–H groups in total. The molecule has 1 unspecified atom stereocenters. The molecule has 3 aromatic rings. The van der Waals surface area contributed by atoms with Gasteiger partial charge in [-0.1, -0.05) is 36.8 Å². The van der Waals surface area contributed by atoms with Crippen molar-refractivity contribution in [2.24, 2.45) is 0 Å². The SMILES string of the molecule is CCc1ccc(OC(C)C(=O)Nc2ccc(NC(=O)c3cccc(C)c3)cc2)cc1. The smallest absolute Gasteiger partial charge is 0.265 e. The lowest BCUT2D eigenvalue weighted by molar-refractivity contribution is -0.122. The molecule has 30 heavy (non-hydrogen) atoms. The molecular formula is C25H26N2O3. The number of amides is 2. The van der Waals surface area contributed by atoms with Crippen molar-refractivity contribution in [2.75, 3.05) is 10.6 Å². The van der Waals surface area contributed by atoms with E-state index in [9.17, 15) is 9.59 Å². The molecule has 5 nitrogen and oxygen atoms in total. The zero-order valence-electron chi connectivity index (χ0n) is 17.4. The van der Waals surface area contributed by atoms with Gasteiger partial charge in [0.2, 0.25) is 0 Å². The van der Waals surface area contributed by atoms with Crippen LogP contribution in [0.1, 0.15) is 35.3 Å². The molecule has 0 aliphatic rings. The maximum atomic E-state index is 12.4. The van der Waals surface area contributed by atoms with Gasteiger partial charge in [-0.25, -0.2) is 0 Å². The Hall–Kier alpha value is -3.60. The normalized spacial score (nSPS) is 11.4. The lowest BCUT2D eigenvalue weighted by Gasteiger charge is -2.15. The summed E-state index contributed by atoms with van der Waals surface area (Å²) in [6.07, 6.45) is 0.316. The van der Waals surface area contributed by atoms with Crippen molar-refractivity contribution in [2.45, 2.75) is 33.3 Å². The van der Waals surface area contributed by atoms with E-state index >= 15 is 0 Å². The van der Waals surface area contributed by atoms with Crippen molar-refractivity contribution in [3.8, 4) is 5.75 Å². The number of carbonyl (C=O) groups excluding carboxylic acids is 2. The second-order valence-electron chi connectivity index (χ2n) is 7.15. The van der Waals surface area contributed by atoms with Crippen LogP contribution in [0, 0.1) is 6.92 Å². The lowest BCUT2D eigenvalue weighted by Crippen LogP contribution is -2.30. The van der Waals surface area contributed by atoms with Gasteiger partial charge in [-0.2, -0.15) is 0 Å². The Bertz CT molecular complexity index is 1010. The number of rotatable bonds is 7. The molecule has 0 bridgehead atoms.